The van der Waals surface area contributed by atoms with Crippen molar-refractivity contribution in [1.29, 1.82) is 0 Å². The standard InChI is InChI=1S/C14H17ClFNO3/c15-11-6-9(16)5-10(12(17)3-4-13(18)19)14(11)20-7-8-1-2-8/h5-6,8,12H,1-4,7,17H2,(H,18,19). The topological polar surface area (TPSA) is 72.6 Å². The summed E-state index contributed by atoms with van der Waals surface area (Å²) < 4.78 is 19.1. The van der Waals surface area contributed by atoms with E-state index in [4.69, 9.17) is 27.2 Å². The monoisotopic (exact) mass is 301 g/mol. The van der Waals surface area contributed by atoms with E-state index < -0.39 is 17.8 Å². The summed E-state index contributed by atoms with van der Waals surface area (Å²) in [6, 6.07) is 1.83. The molecule has 110 valence electrons. The van der Waals surface area contributed by atoms with E-state index in [0.29, 0.717) is 23.8 Å². The van der Waals surface area contributed by atoms with E-state index in [1.54, 1.807) is 0 Å². The van der Waals surface area contributed by atoms with Gasteiger partial charge < -0.3 is 15.6 Å². The van der Waals surface area contributed by atoms with Crippen molar-refractivity contribution in [3.63, 3.8) is 0 Å². The van der Waals surface area contributed by atoms with Crippen LogP contribution in [0.4, 0.5) is 4.39 Å². The number of carbonyl (C=O) groups is 1. The van der Waals surface area contributed by atoms with Gasteiger partial charge in [-0.05, 0) is 37.3 Å². The van der Waals surface area contributed by atoms with Crippen LogP contribution in [0.15, 0.2) is 12.1 Å². The van der Waals surface area contributed by atoms with Crippen molar-refractivity contribution in [2.24, 2.45) is 11.7 Å². The van der Waals surface area contributed by atoms with Crippen LogP contribution in [0.5, 0.6) is 5.75 Å². The van der Waals surface area contributed by atoms with Crippen molar-refractivity contribution >= 4 is 17.6 Å². The Balaban J connectivity index is 2.16. The van der Waals surface area contributed by atoms with Crippen LogP contribution in [-0.2, 0) is 4.79 Å². The molecule has 0 saturated heterocycles. The van der Waals surface area contributed by atoms with Crippen LogP contribution in [0.2, 0.25) is 5.02 Å². The van der Waals surface area contributed by atoms with Gasteiger partial charge in [0.25, 0.3) is 0 Å². The van der Waals surface area contributed by atoms with Crippen molar-refractivity contribution in [3.8, 4) is 5.75 Å². The fourth-order valence-electron chi connectivity index (χ4n) is 1.93. The summed E-state index contributed by atoms with van der Waals surface area (Å²) in [5.74, 6) is -0.546. The number of hydrogen-bond acceptors (Lipinski definition) is 3. The van der Waals surface area contributed by atoms with Crippen LogP contribution >= 0.6 is 11.6 Å². The van der Waals surface area contributed by atoms with E-state index in [0.717, 1.165) is 12.8 Å². The van der Waals surface area contributed by atoms with Gasteiger partial charge in [0.2, 0.25) is 0 Å². The van der Waals surface area contributed by atoms with Gasteiger partial charge in [-0.2, -0.15) is 0 Å². The van der Waals surface area contributed by atoms with Crippen LogP contribution in [0, 0.1) is 11.7 Å². The Morgan fingerprint density at radius 3 is 2.85 bits per heavy atom. The number of ether oxygens (including phenoxy) is 1. The van der Waals surface area contributed by atoms with Gasteiger partial charge >= 0.3 is 5.97 Å². The van der Waals surface area contributed by atoms with Crippen LogP contribution < -0.4 is 10.5 Å². The zero-order chi connectivity index (χ0) is 14.7. The van der Waals surface area contributed by atoms with E-state index in [-0.39, 0.29) is 17.9 Å². The molecule has 0 bridgehead atoms. The Labute approximate surface area is 121 Å². The molecule has 20 heavy (non-hydrogen) atoms. The lowest BCUT2D eigenvalue weighted by Crippen LogP contribution is -2.15. The van der Waals surface area contributed by atoms with Crippen molar-refractivity contribution in [2.75, 3.05) is 6.61 Å². The summed E-state index contributed by atoms with van der Waals surface area (Å²) in [6.07, 6.45) is 2.37. The highest BCUT2D eigenvalue weighted by atomic mass is 35.5. The minimum atomic E-state index is -0.941. The van der Waals surface area contributed by atoms with Gasteiger partial charge in [0.05, 0.1) is 11.6 Å². The number of aliphatic carboxylic acids is 1. The second-order valence-electron chi connectivity index (χ2n) is 5.10. The SMILES string of the molecule is NC(CCC(=O)O)c1cc(F)cc(Cl)c1OCC1CC1. The molecule has 0 radical (unpaired) electrons. The Hall–Kier alpha value is -1.33. The molecule has 1 aliphatic carbocycles. The molecule has 1 aromatic carbocycles. The fraction of sp³-hybridized carbons (Fsp3) is 0.500. The van der Waals surface area contributed by atoms with Gasteiger partial charge in [-0.15, -0.1) is 0 Å². The third kappa shape index (κ3) is 4.08. The summed E-state index contributed by atoms with van der Waals surface area (Å²) in [5, 5.41) is 8.86. The quantitative estimate of drug-likeness (QED) is 0.811. The predicted octanol–water partition coefficient (Wildman–Crippen LogP) is 3.13. The lowest BCUT2D eigenvalue weighted by Gasteiger charge is -2.18. The van der Waals surface area contributed by atoms with Gasteiger partial charge in [0, 0.05) is 18.0 Å². The molecule has 0 spiro atoms. The first-order valence-corrected chi connectivity index (χ1v) is 6.94. The third-order valence-electron chi connectivity index (χ3n) is 3.27. The Kier molecular flexibility index (Phi) is 4.83. The molecule has 4 nitrogen and oxygen atoms in total. The molecule has 1 saturated carbocycles. The average molecular weight is 302 g/mol. The number of nitrogens with two attached hydrogens (primary N) is 1. The van der Waals surface area contributed by atoms with E-state index in [1.807, 2.05) is 0 Å². The average Bonchev–Trinajstić information content (AvgIpc) is 3.18. The zero-order valence-electron chi connectivity index (χ0n) is 10.9. The maximum Gasteiger partial charge on any atom is 0.303 e. The molecule has 1 unspecified atom stereocenters. The second kappa shape index (κ2) is 6.41. The summed E-state index contributed by atoms with van der Waals surface area (Å²) in [5.41, 5.74) is 6.36. The van der Waals surface area contributed by atoms with Gasteiger partial charge in [-0.25, -0.2) is 4.39 Å². The number of rotatable bonds is 7. The first-order chi connectivity index (χ1) is 9.47. The van der Waals surface area contributed by atoms with Gasteiger partial charge in [0.1, 0.15) is 11.6 Å². The van der Waals surface area contributed by atoms with Gasteiger partial charge in [0.15, 0.2) is 0 Å². The minimum Gasteiger partial charge on any atom is -0.491 e. The molecule has 0 amide bonds. The maximum absolute atomic E-state index is 13.5. The largest absolute Gasteiger partial charge is 0.491 e. The smallest absolute Gasteiger partial charge is 0.303 e. The Morgan fingerprint density at radius 1 is 1.55 bits per heavy atom. The highest BCUT2D eigenvalue weighted by Gasteiger charge is 2.24. The number of halogens is 2. The van der Waals surface area contributed by atoms with Gasteiger partial charge in [-0.3, -0.25) is 4.79 Å². The molecule has 6 heteroatoms. The van der Waals surface area contributed by atoms with Crippen molar-refractivity contribution < 1.29 is 19.0 Å². The van der Waals surface area contributed by atoms with Crippen molar-refractivity contribution in [1.82, 2.24) is 0 Å². The first-order valence-electron chi connectivity index (χ1n) is 6.56. The summed E-state index contributed by atoms with van der Waals surface area (Å²) in [7, 11) is 0. The lowest BCUT2D eigenvalue weighted by molar-refractivity contribution is -0.137. The normalized spacial score (nSPS) is 15.9. The van der Waals surface area contributed by atoms with Crippen LogP contribution in [0.25, 0.3) is 0 Å². The molecule has 2 rings (SSSR count). The Morgan fingerprint density at radius 2 is 2.25 bits per heavy atom. The molecule has 1 aliphatic rings. The Bertz CT molecular complexity index is 505. The van der Waals surface area contributed by atoms with E-state index in [9.17, 15) is 9.18 Å². The molecule has 0 aromatic heterocycles. The second-order valence-corrected chi connectivity index (χ2v) is 5.51. The van der Waals surface area contributed by atoms with Crippen molar-refractivity contribution in [2.45, 2.75) is 31.7 Å². The molecular formula is C14H17ClFNO3. The number of carboxylic acid groups (broad SMARTS) is 1. The van der Waals surface area contributed by atoms with Crippen LogP contribution in [-0.4, -0.2) is 17.7 Å². The van der Waals surface area contributed by atoms with E-state index in [2.05, 4.69) is 0 Å². The molecule has 0 heterocycles. The van der Waals surface area contributed by atoms with Gasteiger partial charge in [-0.1, -0.05) is 11.6 Å². The molecule has 1 aromatic rings. The van der Waals surface area contributed by atoms with Crippen LogP contribution in [0.1, 0.15) is 37.3 Å². The van der Waals surface area contributed by atoms with E-state index >= 15 is 0 Å². The minimum absolute atomic E-state index is 0.0859. The zero-order valence-corrected chi connectivity index (χ0v) is 11.7. The summed E-state index contributed by atoms with van der Waals surface area (Å²) in [4.78, 5) is 10.6. The highest BCUT2D eigenvalue weighted by Crippen LogP contribution is 2.37. The van der Waals surface area contributed by atoms with Crippen LogP contribution in [0.3, 0.4) is 0 Å². The summed E-state index contributed by atoms with van der Waals surface area (Å²) in [6.45, 7) is 0.532. The third-order valence-corrected chi connectivity index (χ3v) is 3.55. The molecule has 0 aliphatic heterocycles. The van der Waals surface area contributed by atoms with E-state index in [1.165, 1.54) is 12.1 Å². The number of benzene rings is 1. The lowest BCUT2D eigenvalue weighted by atomic mass is 10.0. The summed E-state index contributed by atoms with van der Waals surface area (Å²) >= 11 is 6.01. The first kappa shape index (κ1) is 15.1. The highest BCUT2D eigenvalue weighted by molar-refractivity contribution is 6.32. The van der Waals surface area contributed by atoms with Crippen molar-refractivity contribution in [3.05, 3.63) is 28.5 Å². The predicted molar refractivity (Wildman–Crippen MR) is 73.4 cm³/mol. The fourth-order valence-corrected chi connectivity index (χ4v) is 2.20. The molecular weight excluding hydrogens is 285 g/mol. The number of hydrogen-bond donors (Lipinski definition) is 2. The maximum atomic E-state index is 13.5. The number of carboxylic acids is 1. The molecule has 1 fully saturated rings. The molecule has 3 N–H and O–H groups in total. The molecule has 1 atom stereocenters.